The van der Waals surface area contributed by atoms with Gasteiger partial charge in [-0.15, -0.1) is 10.2 Å². The van der Waals surface area contributed by atoms with Crippen molar-refractivity contribution in [2.45, 2.75) is 18.2 Å². The molecule has 0 fully saturated rings. The fourth-order valence-electron chi connectivity index (χ4n) is 2.27. The third kappa shape index (κ3) is 5.72. The van der Waals surface area contributed by atoms with Crippen molar-refractivity contribution < 1.29 is 13.2 Å². The Bertz CT molecular complexity index is 1160. The van der Waals surface area contributed by atoms with Crippen LogP contribution in [-0.2, 0) is 16.4 Å². The van der Waals surface area contributed by atoms with Crippen LogP contribution in [0, 0.1) is 0 Å². The highest BCUT2D eigenvalue weighted by molar-refractivity contribution is 7.93. The SMILES string of the molecule is CCc1nnc(NS(=O)(=O)c2ccc(NC(=S)NC(=O)c3ccc(Cl)cc3)cc2)s1. The number of aryl methyl sites for hydroxylation is 1. The predicted octanol–water partition coefficient (Wildman–Crippen LogP) is 3.68. The minimum Gasteiger partial charge on any atom is -0.332 e. The Kier molecular flexibility index (Phi) is 6.98. The number of thiocarbonyl (C=S) groups is 1. The van der Waals surface area contributed by atoms with Crippen LogP contribution >= 0.6 is 35.2 Å². The van der Waals surface area contributed by atoms with E-state index in [-0.39, 0.29) is 15.1 Å². The number of sulfonamides is 1. The van der Waals surface area contributed by atoms with Crippen molar-refractivity contribution >= 4 is 67.0 Å². The van der Waals surface area contributed by atoms with Gasteiger partial charge in [-0.3, -0.25) is 14.8 Å². The highest BCUT2D eigenvalue weighted by atomic mass is 35.5. The molecule has 2 aromatic carbocycles. The number of nitrogens with one attached hydrogen (secondary N) is 3. The smallest absolute Gasteiger partial charge is 0.263 e. The Hall–Kier alpha value is -2.60. The average molecular weight is 482 g/mol. The fraction of sp³-hybridized carbons (Fsp3) is 0.111. The molecule has 1 amide bonds. The van der Waals surface area contributed by atoms with Crippen molar-refractivity contribution in [3.63, 3.8) is 0 Å². The number of carbonyl (C=O) groups excluding carboxylic acids is 1. The summed E-state index contributed by atoms with van der Waals surface area (Å²) in [6, 6.07) is 12.3. The number of halogens is 1. The van der Waals surface area contributed by atoms with Crippen molar-refractivity contribution in [1.82, 2.24) is 15.5 Å². The fourth-order valence-corrected chi connectivity index (χ4v) is 4.51. The molecule has 0 radical (unpaired) electrons. The normalized spacial score (nSPS) is 11.0. The Morgan fingerprint density at radius 2 is 1.77 bits per heavy atom. The molecule has 156 valence electrons. The van der Waals surface area contributed by atoms with E-state index in [1.807, 2.05) is 6.92 Å². The van der Waals surface area contributed by atoms with Crippen molar-refractivity contribution in [3.8, 4) is 0 Å². The summed E-state index contributed by atoms with van der Waals surface area (Å²) >= 11 is 12.1. The molecule has 0 atom stereocenters. The summed E-state index contributed by atoms with van der Waals surface area (Å²) in [6.07, 6.45) is 0.675. The quantitative estimate of drug-likeness (QED) is 0.460. The summed E-state index contributed by atoms with van der Waals surface area (Å²) < 4.78 is 27.4. The Morgan fingerprint density at radius 3 is 2.37 bits per heavy atom. The van der Waals surface area contributed by atoms with Crippen molar-refractivity contribution in [2.24, 2.45) is 0 Å². The van der Waals surface area contributed by atoms with Crippen molar-refractivity contribution in [2.75, 3.05) is 10.0 Å². The van der Waals surface area contributed by atoms with Gasteiger partial charge in [0.25, 0.3) is 15.9 Å². The monoisotopic (exact) mass is 481 g/mol. The first kappa shape index (κ1) is 22.1. The molecule has 0 aliphatic carbocycles. The molecule has 0 saturated heterocycles. The molecule has 0 bridgehead atoms. The molecule has 12 heteroatoms. The molecule has 1 aromatic heterocycles. The number of aromatic nitrogens is 2. The largest absolute Gasteiger partial charge is 0.332 e. The van der Waals surface area contributed by atoms with Crippen LogP contribution in [0.3, 0.4) is 0 Å². The first-order valence-electron chi connectivity index (χ1n) is 8.60. The maximum absolute atomic E-state index is 12.5. The van der Waals surface area contributed by atoms with Crippen LogP contribution in [0.4, 0.5) is 10.8 Å². The summed E-state index contributed by atoms with van der Waals surface area (Å²) in [5, 5.41) is 14.6. The summed E-state index contributed by atoms with van der Waals surface area (Å²) in [5.74, 6) is -0.393. The lowest BCUT2D eigenvalue weighted by Gasteiger charge is -2.10. The molecule has 3 N–H and O–H groups in total. The summed E-state index contributed by atoms with van der Waals surface area (Å²) in [4.78, 5) is 12.2. The first-order valence-corrected chi connectivity index (χ1v) is 11.7. The number of anilines is 2. The molecule has 1 heterocycles. The Labute approximate surface area is 187 Å². The second-order valence-corrected chi connectivity index (χ2v) is 9.49. The summed E-state index contributed by atoms with van der Waals surface area (Å²) in [5.41, 5.74) is 0.915. The highest BCUT2D eigenvalue weighted by Crippen LogP contribution is 2.21. The van der Waals surface area contributed by atoms with Gasteiger partial charge in [-0.1, -0.05) is 29.9 Å². The standard InChI is InChI=1S/C18H16ClN5O3S3/c1-2-15-22-23-18(29-15)24-30(26,27)14-9-7-13(8-10-14)20-17(28)21-16(25)11-3-5-12(19)6-4-11/h3-10H,2H2,1H3,(H,23,24)(H2,20,21,25,28). The minimum atomic E-state index is -3.80. The number of amides is 1. The van der Waals surface area contributed by atoms with Crippen molar-refractivity contribution in [3.05, 3.63) is 64.1 Å². The zero-order valence-corrected chi connectivity index (χ0v) is 18.8. The highest BCUT2D eigenvalue weighted by Gasteiger charge is 2.17. The van der Waals surface area contributed by atoms with E-state index >= 15 is 0 Å². The van der Waals surface area contributed by atoms with E-state index in [9.17, 15) is 13.2 Å². The number of hydrogen-bond donors (Lipinski definition) is 3. The van der Waals surface area contributed by atoms with Crippen LogP contribution in [0.2, 0.25) is 5.02 Å². The second-order valence-electron chi connectivity index (χ2n) is 5.90. The van der Waals surface area contributed by atoms with Crippen LogP contribution in [-0.4, -0.2) is 29.6 Å². The summed E-state index contributed by atoms with van der Waals surface area (Å²) in [7, 11) is -3.80. The van der Waals surface area contributed by atoms with E-state index in [1.165, 1.54) is 35.6 Å². The van der Waals surface area contributed by atoms with Gasteiger partial charge in [0.05, 0.1) is 4.90 Å². The molecule has 30 heavy (non-hydrogen) atoms. The number of carbonyl (C=O) groups is 1. The predicted molar refractivity (Wildman–Crippen MR) is 122 cm³/mol. The molecule has 3 aromatic rings. The van der Waals surface area contributed by atoms with Gasteiger partial charge in [0.1, 0.15) is 5.01 Å². The van der Waals surface area contributed by atoms with E-state index in [2.05, 4.69) is 25.6 Å². The minimum absolute atomic E-state index is 0.0532. The topological polar surface area (TPSA) is 113 Å². The molecule has 0 saturated carbocycles. The maximum Gasteiger partial charge on any atom is 0.263 e. The van der Waals surface area contributed by atoms with Crippen molar-refractivity contribution in [1.29, 1.82) is 0 Å². The van der Waals surface area contributed by atoms with Gasteiger partial charge < -0.3 is 5.32 Å². The van der Waals surface area contributed by atoms with E-state index in [1.54, 1.807) is 24.3 Å². The number of hydrogen-bond acceptors (Lipinski definition) is 7. The summed E-state index contributed by atoms with van der Waals surface area (Å²) in [6.45, 7) is 1.91. The average Bonchev–Trinajstić information content (AvgIpc) is 3.15. The van der Waals surface area contributed by atoms with Crippen LogP contribution < -0.4 is 15.4 Å². The molecular formula is C18H16ClN5O3S3. The van der Waals surface area contributed by atoms with Gasteiger partial charge in [0, 0.05) is 16.3 Å². The number of nitrogens with zero attached hydrogens (tertiary/aromatic N) is 2. The molecular weight excluding hydrogens is 466 g/mol. The maximum atomic E-state index is 12.5. The lowest BCUT2D eigenvalue weighted by atomic mass is 10.2. The molecule has 8 nitrogen and oxygen atoms in total. The molecule has 0 aliphatic rings. The Balaban J connectivity index is 1.61. The third-order valence-electron chi connectivity index (χ3n) is 3.75. The molecule has 0 unspecified atom stereocenters. The van der Waals surface area contributed by atoms with E-state index < -0.39 is 15.9 Å². The number of benzene rings is 2. The molecule has 0 aliphatic heterocycles. The Morgan fingerprint density at radius 1 is 1.10 bits per heavy atom. The van der Waals surface area contributed by atoms with Gasteiger partial charge in [-0.25, -0.2) is 8.42 Å². The molecule has 3 rings (SSSR count). The van der Waals surface area contributed by atoms with Gasteiger partial charge in [-0.2, -0.15) is 0 Å². The zero-order valence-electron chi connectivity index (χ0n) is 15.5. The molecule has 0 spiro atoms. The van der Waals surface area contributed by atoms with Gasteiger partial charge in [-0.05, 0) is 67.2 Å². The first-order chi connectivity index (χ1) is 14.3. The van der Waals surface area contributed by atoms with Crippen LogP contribution in [0.5, 0.6) is 0 Å². The van der Waals surface area contributed by atoms with Gasteiger partial charge in [0.15, 0.2) is 5.11 Å². The van der Waals surface area contributed by atoms with Gasteiger partial charge >= 0.3 is 0 Å². The lowest BCUT2D eigenvalue weighted by molar-refractivity contribution is 0.0977. The van der Waals surface area contributed by atoms with Gasteiger partial charge in [0.2, 0.25) is 5.13 Å². The lowest BCUT2D eigenvalue weighted by Crippen LogP contribution is -2.34. The van der Waals surface area contributed by atoms with Crippen LogP contribution in [0.1, 0.15) is 22.3 Å². The van der Waals surface area contributed by atoms with Crippen LogP contribution in [0.15, 0.2) is 53.4 Å². The van der Waals surface area contributed by atoms with E-state index in [0.717, 1.165) is 5.01 Å². The third-order valence-corrected chi connectivity index (χ3v) is 6.67. The second kappa shape index (κ2) is 9.47. The number of rotatable bonds is 6. The van der Waals surface area contributed by atoms with E-state index in [0.29, 0.717) is 22.7 Å². The zero-order chi connectivity index (χ0) is 21.7. The van der Waals surface area contributed by atoms with Crippen LogP contribution in [0.25, 0.3) is 0 Å². The van der Waals surface area contributed by atoms with E-state index in [4.69, 9.17) is 23.8 Å².